The molecule has 0 bridgehead atoms. The Morgan fingerprint density at radius 3 is 2.17 bits per heavy atom. The summed E-state index contributed by atoms with van der Waals surface area (Å²) in [5.74, 6) is 0. The van der Waals surface area contributed by atoms with Crippen LogP contribution >= 0.6 is 11.6 Å². The lowest BCUT2D eigenvalue weighted by molar-refractivity contribution is 0.588. The van der Waals surface area contributed by atoms with E-state index >= 15 is 0 Å². The molecule has 2 aromatic carbocycles. The summed E-state index contributed by atoms with van der Waals surface area (Å²) in [5, 5.41) is 0.0615. The number of halogens is 1. The minimum absolute atomic E-state index is 0.0570. The molecule has 2 N–H and O–H groups in total. The van der Waals surface area contributed by atoms with Gasteiger partial charge in [-0.05, 0) is 43.8 Å². The number of anilines is 1. The minimum Gasteiger partial charge on any atom is -0.278 e. The summed E-state index contributed by atoms with van der Waals surface area (Å²) in [5.41, 5.74) is 0.755. The monoisotopic (exact) mass is 374 g/mol. The number of benzene rings is 2. The zero-order valence-corrected chi connectivity index (χ0v) is 14.8. The molecule has 0 aromatic heterocycles. The maximum absolute atomic E-state index is 12.5. The van der Waals surface area contributed by atoms with Gasteiger partial charge in [0.05, 0.1) is 10.7 Å². The van der Waals surface area contributed by atoms with Gasteiger partial charge in [0.25, 0.3) is 10.0 Å². The summed E-state index contributed by atoms with van der Waals surface area (Å²) in [6.45, 7) is 1.78. The van der Waals surface area contributed by atoms with Crippen molar-refractivity contribution in [3.8, 4) is 0 Å². The highest BCUT2D eigenvalue weighted by Gasteiger charge is 2.23. The molecule has 0 aliphatic heterocycles. The van der Waals surface area contributed by atoms with Crippen LogP contribution in [0.25, 0.3) is 0 Å². The number of hydrogen-bond donors (Lipinski definition) is 2. The van der Waals surface area contributed by atoms with Gasteiger partial charge in [0.1, 0.15) is 9.79 Å². The van der Waals surface area contributed by atoms with Crippen molar-refractivity contribution in [3.05, 3.63) is 53.1 Å². The third kappa shape index (κ3) is 3.84. The topological polar surface area (TPSA) is 92.3 Å². The van der Waals surface area contributed by atoms with E-state index in [0.29, 0.717) is 0 Å². The number of para-hydroxylation sites is 1. The van der Waals surface area contributed by atoms with Crippen LogP contribution in [0.15, 0.2) is 52.3 Å². The zero-order valence-electron chi connectivity index (χ0n) is 12.4. The molecule has 124 valence electrons. The molecule has 9 heteroatoms. The molecule has 0 spiro atoms. The van der Waals surface area contributed by atoms with Crippen molar-refractivity contribution in [1.82, 2.24) is 4.72 Å². The standard InChI is InChI=1S/C14H15ClN2O4S2/c1-10-7-8-13(11(15)9-10)23(20,21)17-12-5-3-4-6-14(12)22(18,19)16-2/h3-9,16-17H,1-2H3. The SMILES string of the molecule is CNS(=O)(=O)c1ccccc1NS(=O)(=O)c1ccc(C)cc1Cl. The zero-order chi connectivity index (χ0) is 17.3. The van der Waals surface area contributed by atoms with Crippen LogP contribution in [0.3, 0.4) is 0 Å². The van der Waals surface area contributed by atoms with Crippen LogP contribution in [-0.4, -0.2) is 23.9 Å². The minimum atomic E-state index is -4.03. The predicted octanol–water partition coefficient (Wildman–Crippen LogP) is 2.36. The number of nitrogens with one attached hydrogen (secondary N) is 2. The van der Waals surface area contributed by atoms with Gasteiger partial charge in [0, 0.05) is 0 Å². The average Bonchev–Trinajstić information content (AvgIpc) is 2.46. The van der Waals surface area contributed by atoms with Gasteiger partial charge in [-0.3, -0.25) is 4.72 Å². The van der Waals surface area contributed by atoms with Crippen molar-refractivity contribution in [1.29, 1.82) is 0 Å². The van der Waals surface area contributed by atoms with E-state index in [1.165, 1.54) is 43.4 Å². The lowest BCUT2D eigenvalue weighted by atomic mass is 10.2. The van der Waals surface area contributed by atoms with Crippen LogP contribution < -0.4 is 9.44 Å². The highest BCUT2D eigenvalue weighted by Crippen LogP contribution is 2.27. The molecule has 6 nitrogen and oxygen atoms in total. The number of aryl methyl sites for hydroxylation is 1. The molecule has 0 saturated carbocycles. The molecular weight excluding hydrogens is 360 g/mol. The van der Waals surface area contributed by atoms with Gasteiger partial charge >= 0.3 is 0 Å². The van der Waals surface area contributed by atoms with Crippen LogP contribution in [-0.2, 0) is 20.0 Å². The number of rotatable bonds is 5. The van der Waals surface area contributed by atoms with Crippen LogP contribution in [0.1, 0.15) is 5.56 Å². The second-order valence-corrected chi connectivity index (χ2v) is 8.66. The first kappa shape index (κ1) is 17.7. The van der Waals surface area contributed by atoms with E-state index in [1.54, 1.807) is 13.0 Å². The van der Waals surface area contributed by atoms with Gasteiger partial charge in [0.2, 0.25) is 10.0 Å². The second kappa shape index (κ2) is 6.48. The van der Waals surface area contributed by atoms with E-state index in [4.69, 9.17) is 11.6 Å². The summed E-state index contributed by atoms with van der Waals surface area (Å²) in [7, 11) is -6.59. The van der Waals surface area contributed by atoms with Crippen molar-refractivity contribution >= 4 is 37.3 Å². The van der Waals surface area contributed by atoms with Gasteiger partial charge in [-0.1, -0.05) is 29.8 Å². The highest BCUT2D eigenvalue weighted by atomic mass is 35.5. The van der Waals surface area contributed by atoms with Crippen LogP contribution in [0.5, 0.6) is 0 Å². The van der Waals surface area contributed by atoms with Crippen LogP contribution in [0, 0.1) is 6.92 Å². The number of sulfonamides is 2. The normalized spacial score (nSPS) is 12.1. The molecule has 0 heterocycles. The van der Waals surface area contributed by atoms with E-state index in [1.807, 2.05) is 0 Å². The Morgan fingerprint density at radius 2 is 1.57 bits per heavy atom. The van der Waals surface area contributed by atoms with Crippen molar-refractivity contribution < 1.29 is 16.8 Å². The molecule has 0 amide bonds. The molecule has 2 aromatic rings. The first-order valence-corrected chi connectivity index (χ1v) is 9.83. The third-order valence-electron chi connectivity index (χ3n) is 3.07. The van der Waals surface area contributed by atoms with Gasteiger partial charge < -0.3 is 0 Å². The Labute approximate surface area is 140 Å². The fraction of sp³-hybridized carbons (Fsp3) is 0.143. The van der Waals surface area contributed by atoms with E-state index in [-0.39, 0.29) is 20.5 Å². The largest absolute Gasteiger partial charge is 0.278 e. The maximum atomic E-state index is 12.5. The Hall–Kier alpha value is -1.61. The quantitative estimate of drug-likeness (QED) is 0.840. The van der Waals surface area contributed by atoms with E-state index in [0.717, 1.165) is 5.56 Å². The number of hydrogen-bond acceptors (Lipinski definition) is 4. The van der Waals surface area contributed by atoms with Crippen molar-refractivity contribution in [2.45, 2.75) is 16.7 Å². The molecule has 2 rings (SSSR count). The van der Waals surface area contributed by atoms with Crippen molar-refractivity contribution in [2.75, 3.05) is 11.8 Å². The fourth-order valence-electron chi connectivity index (χ4n) is 1.92. The molecule has 0 saturated heterocycles. The molecule has 0 aliphatic rings. The molecular formula is C14H15ClN2O4S2. The second-order valence-electron chi connectivity index (χ2n) is 4.74. The molecule has 0 radical (unpaired) electrons. The Morgan fingerprint density at radius 1 is 0.913 bits per heavy atom. The fourth-order valence-corrected chi connectivity index (χ4v) is 4.55. The Kier molecular flexibility index (Phi) is 5.00. The maximum Gasteiger partial charge on any atom is 0.263 e. The summed E-state index contributed by atoms with van der Waals surface area (Å²) in [6.07, 6.45) is 0. The summed E-state index contributed by atoms with van der Waals surface area (Å²) in [4.78, 5) is -0.296. The molecule has 0 aliphatic carbocycles. The molecule has 0 unspecified atom stereocenters. The first-order chi connectivity index (χ1) is 10.7. The summed E-state index contributed by atoms with van der Waals surface area (Å²) in [6, 6.07) is 10.2. The van der Waals surface area contributed by atoms with Gasteiger partial charge in [-0.2, -0.15) is 0 Å². The molecule has 0 atom stereocenters. The van der Waals surface area contributed by atoms with E-state index < -0.39 is 20.0 Å². The van der Waals surface area contributed by atoms with Crippen molar-refractivity contribution in [2.24, 2.45) is 0 Å². The van der Waals surface area contributed by atoms with Gasteiger partial charge in [0.15, 0.2) is 0 Å². The highest BCUT2D eigenvalue weighted by molar-refractivity contribution is 7.93. The molecule has 23 heavy (non-hydrogen) atoms. The van der Waals surface area contributed by atoms with Crippen LogP contribution in [0.2, 0.25) is 5.02 Å². The average molecular weight is 375 g/mol. The Balaban J connectivity index is 2.51. The van der Waals surface area contributed by atoms with E-state index in [2.05, 4.69) is 9.44 Å². The predicted molar refractivity (Wildman–Crippen MR) is 89.7 cm³/mol. The Bertz CT molecular complexity index is 941. The van der Waals surface area contributed by atoms with Gasteiger partial charge in [-0.15, -0.1) is 0 Å². The molecule has 0 fully saturated rings. The van der Waals surface area contributed by atoms with E-state index in [9.17, 15) is 16.8 Å². The summed E-state index contributed by atoms with van der Waals surface area (Å²) < 4.78 is 53.4. The van der Waals surface area contributed by atoms with Crippen LogP contribution in [0.4, 0.5) is 5.69 Å². The third-order valence-corrected chi connectivity index (χ3v) is 6.39. The smallest absolute Gasteiger partial charge is 0.263 e. The lowest BCUT2D eigenvalue weighted by Crippen LogP contribution is -2.22. The van der Waals surface area contributed by atoms with Crippen molar-refractivity contribution in [3.63, 3.8) is 0 Å². The first-order valence-electron chi connectivity index (χ1n) is 6.49. The summed E-state index contributed by atoms with van der Waals surface area (Å²) >= 11 is 5.99. The van der Waals surface area contributed by atoms with Gasteiger partial charge in [-0.25, -0.2) is 21.6 Å². The lowest BCUT2D eigenvalue weighted by Gasteiger charge is -2.13.